The van der Waals surface area contributed by atoms with Gasteiger partial charge in [-0.3, -0.25) is 0 Å². The van der Waals surface area contributed by atoms with E-state index in [1.165, 1.54) is 21.3 Å². The van der Waals surface area contributed by atoms with Crippen molar-refractivity contribution in [1.29, 1.82) is 0 Å². The van der Waals surface area contributed by atoms with Crippen molar-refractivity contribution in [3.8, 4) is 23.0 Å². The van der Waals surface area contributed by atoms with Gasteiger partial charge in [-0.05, 0) is 75.5 Å². The van der Waals surface area contributed by atoms with E-state index in [2.05, 4.69) is 9.80 Å². The highest BCUT2D eigenvalue weighted by Gasteiger charge is 2.22. The van der Waals surface area contributed by atoms with Crippen LogP contribution in [0.1, 0.15) is 52.8 Å². The Balaban J connectivity index is 1.51. The number of halogens is 1. The summed E-state index contributed by atoms with van der Waals surface area (Å²) in [6, 6.07) is 8.09. The Kier molecular flexibility index (Phi) is 12.0. The maximum absolute atomic E-state index is 13.1. The van der Waals surface area contributed by atoms with E-state index in [0.717, 1.165) is 52.1 Å². The van der Waals surface area contributed by atoms with Crippen LogP contribution in [0.4, 0.5) is 0 Å². The first-order chi connectivity index (χ1) is 20.4. The lowest BCUT2D eigenvalue weighted by atomic mass is 10.1. The Morgan fingerprint density at radius 2 is 1.52 bits per heavy atom. The average molecular weight is 605 g/mol. The van der Waals surface area contributed by atoms with E-state index in [0.29, 0.717) is 71.6 Å². The number of ether oxygens (including phenoxy) is 6. The van der Waals surface area contributed by atoms with Crippen molar-refractivity contribution in [3.05, 3.63) is 46.5 Å². The molecule has 10 nitrogen and oxygen atoms in total. The number of hydrogen-bond donors (Lipinski definition) is 0. The van der Waals surface area contributed by atoms with Gasteiger partial charge in [-0.15, -0.1) is 0 Å². The third-order valence-electron chi connectivity index (χ3n) is 7.57. The van der Waals surface area contributed by atoms with Gasteiger partial charge in [0.2, 0.25) is 5.75 Å². The molecule has 0 aromatic heterocycles. The van der Waals surface area contributed by atoms with Gasteiger partial charge in [0, 0.05) is 26.2 Å². The second kappa shape index (κ2) is 15.9. The Morgan fingerprint density at radius 3 is 2.24 bits per heavy atom. The van der Waals surface area contributed by atoms with Gasteiger partial charge in [0.05, 0.1) is 50.7 Å². The number of hydrogen-bond acceptors (Lipinski definition) is 10. The van der Waals surface area contributed by atoms with Gasteiger partial charge in [-0.25, -0.2) is 9.59 Å². The maximum Gasteiger partial charge on any atom is 0.338 e. The minimum absolute atomic E-state index is 0.318. The molecule has 1 fully saturated rings. The van der Waals surface area contributed by atoms with Crippen molar-refractivity contribution in [2.45, 2.75) is 38.2 Å². The molecule has 2 heterocycles. The molecule has 2 aliphatic heterocycles. The van der Waals surface area contributed by atoms with E-state index in [1.807, 2.05) is 0 Å². The summed E-state index contributed by atoms with van der Waals surface area (Å²) in [5, 5.41) is 0.352. The molecule has 11 heteroatoms. The smallest absolute Gasteiger partial charge is 0.338 e. The number of cyclic esters (lactones) is 1. The zero-order chi connectivity index (χ0) is 29.9. The van der Waals surface area contributed by atoms with Crippen LogP contribution in [-0.4, -0.2) is 102 Å². The van der Waals surface area contributed by atoms with E-state index >= 15 is 0 Å². The third kappa shape index (κ3) is 8.65. The molecule has 0 amide bonds. The Bertz CT molecular complexity index is 1210. The molecule has 0 radical (unpaired) electrons. The lowest BCUT2D eigenvalue weighted by Gasteiger charge is -2.24. The molecule has 2 aromatic carbocycles. The number of fused-ring (bicyclic) bond motifs is 5. The number of benzene rings is 2. The van der Waals surface area contributed by atoms with E-state index in [4.69, 9.17) is 40.0 Å². The summed E-state index contributed by atoms with van der Waals surface area (Å²) in [6.07, 6.45) is 3.38. The largest absolute Gasteiger partial charge is 0.495 e. The average Bonchev–Trinajstić information content (AvgIpc) is 3.23. The second-order valence-electron chi connectivity index (χ2n) is 10.4. The van der Waals surface area contributed by atoms with Crippen LogP contribution in [-0.2, 0) is 9.47 Å². The van der Waals surface area contributed by atoms with Crippen LogP contribution >= 0.6 is 11.6 Å². The predicted molar refractivity (Wildman–Crippen MR) is 158 cm³/mol. The fraction of sp³-hybridized carbons (Fsp3) is 0.548. The molecule has 230 valence electrons. The van der Waals surface area contributed by atoms with Crippen LogP contribution in [0.2, 0.25) is 5.02 Å². The summed E-state index contributed by atoms with van der Waals surface area (Å²) < 4.78 is 33.8. The van der Waals surface area contributed by atoms with E-state index < -0.39 is 11.9 Å². The number of nitrogens with zero attached hydrogens (tertiary/aromatic N) is 2. The van der Waals surface area contributed by atoms with E-state index in [-0.39, 0.29) is 6.10 Å². The SMILES string of the molecule is COc1ccc(C(=O)OC2CCCOc3cc(cc(OC)c3OC)C(=O)OCCCN3CCCN(CC2)CC3)cc1Cl. The minimum atomic E-state index is -0.439. The quantitative estimate of drug-likeness (QED) is 0.447. The highest BCUT2D eigenvalue weighted by Crippen LogP contribution is 2.39. The van der Waals surface area contributed by atoms with Crippen LogP contribution in [0.25, 0.3) is 0 Å². The van der Waals surface area contributed by atoms with Crippen molar-refractivity contribution < 1.29 is 38.0 Å². The number of methoxy groups -OCH3 is 3. The zero-order valence-electron chi connectivity index (χ0n) is 24.7. The van der Waals surface area contributed by atoms with Crippen LogP contribution in [0.15, 0.2) is 30.3 Å². The van der Waals surface area contributed by atoms with Crippen molar-refractivity contribution in [1.82, 2.24) is 9.80 Å². The van der Waals surface area contributed by atoms with Crippen molar-refractivity contribution in [3.63, 3.8) is 0 Å². The van der Waals surface area contributed by atoms with Crippen molar-refractivity contribution in [2.75, 3.05) is 73.8 Å². The predicted octanol–water partition coefficient (Wildman–Crippen LogP) is 4.71. The Hall–Kier alpha value is -3.21. The third-order valence-corrected chi connectivity index (χ3v) is 7.87. The summed E-state index contributed by atoms with van der Waals surface area (Å²) in [6.45, 7) is 6.18. The van der Waals surface area contributed by atoms with Gasteiger partial charge in [-0.2, -0.15) is 0 Å². The van der Waals surface area contributed by atoms with Crippen LogP contribution in [0.5, 0.6) is 23.0 Å². The molecule has 4 rings (SSSR count). The first-order valence-electron chi connectivity index (χ1n) is 14.5. The highest BCUT2D eigenvalue weighted by molar-refractivity contribution is 6.32. The standard InChI is InChI=1S/C31H41ClN2O8/c1-37-26-9-8-22(19-25(26)32)31(36)42-24-7-4-17-40-28-21-23(20-27(38-2)29(28)39-3)30(35)41-18-6-13-33-11-5-12-34(14-10-24)16-15-33/h8-9,19-21,24H,4-7,10-18H2,1-3H3. The molecule has 2 aromatic rings. The Labute approximate surface area is 252 Å². The molecule has 0 spiro atoms. The molecule has 4 bridgehead atoms. The number of esters is 2. The first kappa shape index (κ1) is 31.7. The van der Waals surface area contributed by atoms with E-state index in [9.17, 15) is 9.59 Å². The first-order valence-corrected chi connectivity index (χ1v) is 14.8. The van der Waals surface area contributed by atoms with Crippen LogP contribution < -0.4 is 18.9 Å². The van der Waals surface area contributed by atoms with Gasteiger partial charge < -0.3 is 38.2 Å². The summed E-state index contributed by atoms with van der Waals surface area (Å²) in [4.78, 5) is 30.8. The van der Waals surface area contributed by atoms with Crippen molar-refractivity contribution >= 4 is 23.5 Å². The molecular weight excluding hydrogens is 564 g/mol. The lowest BCUT2D eigenvalue weighted by Crippen LogP contribution is -2.34. The van der Waals surface area contributed by atoms with Gasteiger partial charge in [0.15, 0.2) is 11.5 Å². The number of carbonyl (C=O) groups is 2. The van der Waals surface area contributed by atoms with E-state index in [1.54, 1.807) is 30.3 Å². The topological polar surface area (TPSA) is 96.0 Å². The Morgan fingerprint density at radius 1 is 0.810 bits per heavy atom. The fourth-order valence-corrected chi connectivity index (χ4v) is 5.51. The number of carbonyl (C=O) groups excluding carboxylic acids is 2. The summed E-state index contributed by atoms with van der Waals surface area (Å²) in [7, 11) is 4.56. The summed E-state index contributed by atoms with van der Waals surface area (Å²) >= 11 is 6.26. The van der Waals surface area contributed by atoms with Crippen LogP contribution in [0.3, 0.4) is 0 Å². The van der Waals surface area contributed by atoms with Gasteiger partial charge >= 0.3 is 11.9 Å². The minimum Gasteiger partial charge on any atom is -0.495 e. The monoisotopic (exact) mass is 604 g/mol. The van der Waals surface area contributed by atoms with Crippen molar-refractivity contribution in [2.24, 2.45) is 0 Å². The molecule has 1 saturated heterocycles. The molecule has 42 heavy (non-hydrogen) atoms. The molecule has 0 aliphatic carbocycles. The second-order valence-corrected chi connectivity index (χ2v) is 10.8. The maximum atomic E-state index is 13.1. The fourth-order valence-electron chi connectivity index (χ4n) is 5.26. The highest BCUT2D eigenvalue weighted by atomic mass is 35.5. The molecular formula is C31H41ClN2O8. The zero-order valence-corrected chi connectivity index (χ0v) is 25.5. The lowest BCUT2D eigenvalue weighted by molar-refractivity contribution is 0.0221. The van der Waals surface area contributed by atoms with Crippen LogP contribution in [0, 0.1) is 0 Å². The summed E-state index contributed by atoms with van der Waals surface area (Å²) in [5.41, 5.74) is 0.703. The van der Waals surface area contributed by atoms with Gasteiger partial charge in [-0.1, -0.05) is 11.6 Å². The normalized spacial score (nSPS) is 22.3. The molecule has 3 unspecified atom stereocenters. The molecule has 3 atom stereocenters. The summed E-state index contributed by atoms with van der Waals surface area (Å²) in [5.74, 6) is 0.792. The molecule has 0 saturated carbocycles. The molecule has 0 N–H and O–H groups in total. The molecule has 2 aliphatic rings. The van der Waals surface area contributed by atoms with Gasteiger partial charge in [0.25, 0.3) is 0 Å². The van der Waals surface area contributed by atoms with Gasteiger partial charge in [0.1, 0.15) is 11.9 Å². The number of rotatable bonds is 5.